The molecule has 0 amide bonds. The van der Waals surface area contributed by atoms with Crippen molar-refractivity contribution in [1.82, 2.24) is 9.55 Å². The van der Waals surface area contributed by atoms with Crippen LogP contribution in [0.15, 0.2) is 17.1 Å². The zero-order chi connectivity index (χ0) is 51.8. The molecule has 1 aliphatic heterocycles. The fourth-order valence-corrected chi connectivity index (χ4v) is 9.91. The largest absolute Gasteiger partial charge is 0.480 e. The molecule has 17 heteroatoms. The van der Waals surface area contributed by atoms with Crippen LogP contribution in [0.1, 0.15) is 265 Å². The van der Waals surface area contributed by atoms with Crippen molar-refractivity contribution in [3.8, 4) is 0 Å². The molecule has 2 N–H and O–H groups in total. The number of halogens is 2. The Morgan fingerprint density at radius 2 is 0.972 bits per heavy atom. The molecule has 1 aliphatic rings. The van der Waals surface area contributed by atoms with Crippen molar-refractivity contribution in [2.45, 2.75) is 277 Å². The van der Waals surface area contributed by atoms with Crippen LogP contribution in [-0.2, 0) is 46.7 Å². The highest BCUT2D eigenvalue weighted by Crippen LogP contribution is 2.53. The first-order valence-corrected chi connectivity index (χ1v) is 29.6. The molecule has 71 heavy (non-hydrogen) atoms. The lowest BCUT2D eigenvalue weighted by Gasteiger charge is -2.24. The third-order valence-electron chi connectivity index (χ3n) is 13.4. The van der Waals surface area contributed by atoms with Gasteiger partial charge in [0.25, 0.3) is 5.92 Å². The molecule has 0 aromatic carbocycles. The molecule has 1 aromatic heterocycles. The van der Waals surface area contributed by atoms with Crippen LogP contribution in [0.4, 0.5) is 14.6 Å². The molecule has 1 unspecified atom stereocenters. The molecule has 0 spiro atoms. The van der Waals surface area contributed by atoms with Crippen molar-refractivity contribution in [3.63, 3.8) is 0 Å². The average Bonchev–Trinajstić information content (AvgIpc) is 3.58. The van der Waals surface area contributed by atoms with Crippen LogP contribution in [-0.4, -0.2) is 59.5 Å². The topological polar surface area (TPSA) is 185 Å². The number of hydrogen-bond acceptors (Lipinski definition) is 13. The Kier molecular flexibility index (Phi) is 36.8. The van der Waals surface area contributed by atoms with E-state index in [4.69, 9.17) is 33.5 Å². The first-order valence-electron chi connectivity index (χ1n) is 28.1. The predicted octanol–water partition coefficient (Wildman–Crippen LogP) is 15.2. The van der Waals surface area contributed by atoms with Gasteiger partial charge in [0.05, 0.1) is 18.6 Å². The molecule has 2 heterocycles. The SMILES string of the molecule is CCCCCCCCCCCCCCCCC(=O)C[C@@H]1[C@@H](COP(=O)(OCOC(=O)CCCCCCCCCCC)OCOC(=O)CCCCCCCCCCCC)O[C@@H](n2ccc(N)nc2=O)C1(F)F. The van der Waals surface area contributed by atoms with Crippen LogP contribution in [0.3, 0.4) is 0 Å². The second-order valence-corrected chi connectivity index (χ2v) is 21.4. The Labute approximate surface area is 426 Å². The number of ether oxygens (including phenoxy) is 3. The van der Waals surface area contributed by atoms with Crippen molar-refractivity contribution in [3.05, 3.63) is 22.7 Å². The van der Waals surface area contributed by atoms with Gasteiger partial charge in [0.15, 0.2) is 0 Å². The van der Waals surface area contributed by atoms with Crippen LogP contribution in [0.25, 0.3) is 0 Å². The second kappa shape index (κ2) is 40.6. The van der Waals surface area contributed by atoms with Crippen LogP contribution < -0.4 is 11.4 Å². The maximum absolute atomic E-state index is 16.4. The van der Waals surface area contributed by atoms with E-state index in [2.05, 4.69) is 25.8 Å². The van der Waals surface area contributed by atoms with Gasteiger partial charge in [-0.05, 0) is 25.3 Å². The number of nitrogens with zero attached hydrogens (tertiary/aromatic N) is 2. The van der Waals surface area contributed by atoms with Gasteiger partial charge < -0.3 is 19.9 Å². The third-order valence-corrected chi connectivity index (χ3v) is 14.7. The summed E-state index contributed by atoms with van der Waals surface area (Å²) in [7, 11) is -4.81. The number of phosphoric ester groups is 1. The minimum absolute atomic E-state index is 0.0752. The van der Waals surface area contributed by atoms with E-state index in [1.54, 1.807) is 0 Å². The van der Waals surface area contributed by atoms with Gasteiger partial charge in [-0.3, -0.25) is 23.5 Å². The second-order valence-electron chi connectivity index (χ2n) is 19.7. The number of phosphoric acid groups is 1. The number of nitrogens with two attached hydrogens (primary N) is 1. The summed E-state index contributed by atoms with van der Waals surface area (Å²) in [6.07, 6.45) is 33.1. The molecule has 0 bridgehead atoms. The zero-order valence-electron chi connectivity index (χ0n) is 44.3. The van der Waals surface area contributed by atoms with E-state index >= 15 is 8.78 Å². The molecule has 0 aliphatic carbocycles. The molecule has 1 fully saturated rings. The van der Waals surface area contributed by atoms with Crippen LogP contribution >= 0.6 is 7.82 Å². The average molecular weight is 1030 g/mol. The number of rotatable bonds is 48. The number of carbonyl (C=O) groups is 3. The summed E-state index contributed by atoms with van der Waals surface area (Å²) in [5, 5.41) is 0. The molecule has 0 radical (unpaired) electrons. The van der Waals surface area contributed by atoms with Crippen molar-refractivity contribution in [1.29, 1.82) is 0 Å². The van der Waals surface area contributed by atoms with E-state index in [0.717, 1.165) is 83.2 Å². The monoisotopic (exact) mass is 1030 g/mol. The van der Waals surface area contributed by atoms with E-state index in [1.807, 2.05) is 0 Å². The maximum Gasteiger partial charge on any atom is 0.480 e. The summed E-state index contributed by atoms with van der Waals surface area (Å²) >= 11 is 0. The molecule has 412 valence electrons. The fraction of sp³-hybridized carbons (Fsp3) is 0.870. The van der Waals surface area contributed by atoms with Crippen LogP contribution in [0, 0.1) is 5.92 Å². The summed E-state index contributed by atoms with van der Waals surface area (Å²) in [5.41, 5.74) is 4.54. The predicted molar refractivity (Wildman–Crippen MR) is 276 cm³/mol. The van der Waals surface area contributed by atoms with E-state index < -0.39 is 82.0 Å². The third kappa shape index (κ3) is 30.3. The standard InChI is InChI=1S/C54H96F2N3O11P/c1-4-7-10-13-16-19-21-22-23-24-26-28-31-34-37-46(60)42-47-48(70-52(54(47,55)56)59-41-40-49(57)58-53(59)63)43-67-71(64,68-44-65-50(61)38-35-32-29-25-18-15-12-9-6-3)69-45-66-51(62)39-36-33-30-27-20-17-14-11-8-5-2/h40-41,47-48,52H,4-39,42-45H2,1-3H3,(H2,57,58,63)/t47-,48-,52-,71?/m1/s1. The summed E-state index contributed by atoms with van der Waals surface area (Å²) in [6, 6.07) is 1.17. The number of ketones is 1. The minimum Gasteiger partial charge on any atom is -0.438 e. The molecule has 0 saturated carbocycles. The molecule has 1 aromatic rings. The van der Waals surface area contributed by atoms with Gasteiger partial charge in [-0.15, -0.1) is 0 Å². The number of aromatic nitrogens is 2. The zero-order valence-corrected chi connectivity index (χ0v) is 45.2. The number of alkyl halides is 2. The number of anilines is 1. The quantitative estimate of drug-likeness (QED) is 0.0282. The molecule has 1 saturated heterocycles. The number of nitrogen functional groups attached to an aromatic ring is 1. The van der Waals surface area contributed by atoms with Gasteiger partial charge in [0.2, 0.25) is 19.8 Å². The van der Waals surface area contributed by atoms with Gasteiger partial charge in [0.1, 0.15) is 11.6 Å². The summed E-state index contributed by atoms with van der Waals surface area (Å²) in [5.74, 6) is -7.44. The van der Waals surface area contributed by atoms with E-state index in [9.17, 15) is 23.7 Å². The highest BCUT2D eigenvalue weighted by Gasteiger charge is 2.60. The minimum atomic E-state index is -4.81. The Morgan fingerprint density at radius 3 is 1.35 bits per heavy atom. The normalized spacial score (nSPS) is 17.3. The van der Waals surface area contributed by atoms with Gasteiger partial charge in [-0.25, -0.2) is 27.2 Å². The molecule has 14 nitrogen and oxygen atoms in total. The smallest absolute Gasteiger partial charge is 0.438 e. The van der Waals surface area contributed by atoms with Crippen molar-refractivity contribution < 1.29 is 55.5 Å². The number of carbonyl (C=O) groups excluding carboxylic acids is 3. The van der Waals surface area contributed by atoms with E-state index in [1.165, 1.54) is 122 Å². The van der Waals surface area contributed by atoms with Crippen molar-refractivity contribution in [2.24, 2.45) is 5.92 Å². The Bertz CT molecular complexity index is 1650. The summed E-state index contributed by atoms with van der Waals surface area (Å²) < 4.78 is 79.9. The first kappa shape index (κ1) is 64.3. The Morgan fingerprint density at radius 1 is 0.606 bits per heavy atom. The maximum atomic E-state index is 16.4. The lowest BCUT2D eigenvalue weighted by molar-refractivity contribution is -0.154. The lowest BCUT2D eigenvalue weighted by Crippen LogP contribution is -2.39. The van der Waals surface area contributed by atoms with Gasteiger partial charge in [-0.2, -0.15) is 4.98 Å². The van der Waals surface area contributed by atoms with E-state index in [-0.39, 0.29) is 25.1 Å². The fourth-order valence-electron chi connectivity index (χ4n) is 9.00. The van der Waals surface area contributed by atoms with Crippen LogP contribution in [0.5, 0.6) is 0 Å². The highest BCUT2D eigenvalue weighted by atomic mass is 31.2. The number of hydrogen-bond donors (Lipinski definition) is 1. The summed E-state index contributed by atoms with van der Waals surface area (Å²) in [6.45, 7) is 4.02. The molecule has 2 rings (SSSR count). The molecular weight excluding hydrogens is 936 g/mol. The molecular formula is C54H96F2N3O11P. The number of esters is 2. The van der Waals surface area contributed by atoms with Crippen molar-refractivity contribution in [2.75, 3.05) is 25.9 Å². The van der Waals surface area contributed by atoms with Gasteiger partial charge >= 0.3 is 25.5 Å². The highest BCUT2D eigenvalue weighted by molar-refractivity contribution is 7.48. The molecule has 4 atom stereocenters. The lowest BCUT2D eigenvalue weighted by atomic mass is 9.90. The summed E-state index contributed by atoms with van der Waals surface area (Å²) in [4.78, 5) is 54.9. The first-order chi connectivity index (χ1) is 34.4. The van der Waals surface area contributed by atoms with Crippen LogP contribution in [0.2, 0.25) is 0 Å². The van der Waals surface area contributed by atoms with Crippen molar-refractivity contribution >= 4 is 31.4 Å². The van der Waals surface area contributed by atoms with E-state index in [0.29, 0.717) is 23.8 Å². The number of Topliss-reactive ketones (excluding diaryl/α,β-unsaturated/α-hetero) is 1. The van der Waals surface area contributed by atoms with Gasteiger partial charge in [0, 0.05) is 31.9 Å². The van der Waals surface area contributed by atoms with Gasteiger partial charge in [-0.1, -0.05) is 213 Å². The number of unbranched alkanes of at least 4 members (excludes halogenated alkanes) is 30. The Hall–Kier alpha value is -2.78. The Balaban J connectivity index is 2.02.